The first-order valence-corrected chi connectivity index (χ1v) is 5.63. The van der Waals surface area contributed by atoms with Gasteiger partial charge in [-0.05, 0) is 38.0 Å². The average Bonchev–Trinajstić information content (AvgIpc) is 2.19. The van der Waals surface area contributed by atoms with Crippen molar-refractivity contribution in [3.8, 4) is 0 Å². The van der Waals surface area contributed by atoms with Gasteiger partial charge in [-0.25, -0.2) is 0 Å². The number of hydrogen-bond donors (Lipinski definition) is 1. The average molecular weight is 196 g/mol. The quantitative estimate of drug-likeness (QED) is 0.701. The van der Waals surface area contributed by atoms with Crippen molar-refractivity contribution in [1.29, 1.82) is 0 Å². The van der Waals surface area contributed by atoms with Gasteiger partial charge in [0.15, 0.2) is 0 Å². The van der Waals surface area contributed by atoms with Gasteiger partial charge in [0, 0.05) is 0 Å². The van der Waals surface area contributed by atoms with Crippen LogP contribution >= 0.6 is 0 Å². The van der Waals surface area contributed by atoms with Gasteiger partial charge in [-0.1, -0.05) is 25.5 Å². The number of carboxylic acid groups (broad SMARTS) is 1. The molecular weight excluding hydrogens is 176 g/mol. The van der Waals surface area contributed by atoms with E-state index in [1.54, 1.807) is 0 Å². The van der Waals surface area contributed by atoms with E-state index in [1.165, 1.54) is 6.42 Å². The second-order valence-corrected chi connectivity index (χ2v) is 4.17. The van der Waals surface area contributed by atoms with Crippen LogP contribution in [0.2, 0.25) is 0 Å². The molecule has 0 spiro atoms. The lowest BCUT2D eigenvalue weighted by molar-refractivity contribution is -0.142. The van der Waals surface area contributed by atoms with Gasteiger partial charge < -0.3 is 5.11 Å². The SMILES string of the molecule is CCC/C=C/C1CCC(C(=O)O)CC1. The molecule has 14 heavy (non-hydrogen) atoms. The van der Waals surface area contributed by atoms with Crippen molar-refractivity contribution in [1.82, 2.24) is 0 Å². The van der Waals surface area contributed by atoms with Crippen molar-refractivity contribution in [2.75, 3.05) is 0 Å². The lowest BCUT2D eigenvalue weighted by Crippen LogP contribution is -2.20. The number of rotatable bonds is 4. The van der Waals surface area contributed by atoms with Crippen molar-refractivity contribution in [2.24, 2.45) is 11.8 Å². The summed E-state index contributed by atoms with van der Waals surface area (Å²) in [6.45, 7) is 2.17. The van der Waals surface area contributed by atoms with Crippen LogP contribution in [0.15, 0.2) is 12.2 Å². The van der Waals surface area contributed by atoms with Gasteiger partial charge in [-0.15, -0.1) is 0 Å². The van der Waals surface area contributed by atoms with Crippen molar-refractivity contribution in [3.05, 3.63) is 12.2 Å². The molecule has 1 rings (SSSR count). The Morgan fingerprint density at radius 3 is 2.50 bits per heavy atom. The first-order valence-electron chi connectivity index (χ1n) is 5.63. The van der Waals surface area contributed by atoms with E-state index in [2.05, 4.69) is 19.1 Å². The summed E-state index contributed by atoms with van der Waals surface area (Å²) in [5.41, 5.74) is 0. The van der Waals surface area contributed by atoms with E-state index in [0.29, 0.717) is 5.92 Å². The molecule has 0 atom stereocenters. The molecule has 0 saturated heterocycles. The third-order valence-electron chi connectivity index (χ3n) is 2.98. The van der Waals surface area contributed by atoms with E-state index in [4.69, 9.17) is 5.11 Å². The summed E-state index contributed by atoms with van der Waals surface area (Å²) in [7, 11) is 0. The number of carboxylic acids is 1. The van der Waals surface area contributed by atoms with Crippen molar-refractivity contribution in [3.63, 3.8) is 0 Å². The summed E-state index contributed by atoms with van der Waals surface area (Å²) in [5, 5.41) is 8.82. The Morgan fingerprint density at radius 1 is 1.36 bits per heavy atom. The van der Waals surface area contributed by atoms with Crippen LogP contribution in [0.1, 0.15) is 45.4 Å². The molecule has 0 amide bonds. The van der Waals surface area contributed by atoms with Crippen LogP contribution in [0.4, 0.5) is 0 Å². The maximum atomic E-state index is 10.7. The molecule has 0 aromatic rings. The maximum Gasteiger partial charge on any atom is 0.306 e. The summed E-state index contributed by atoms with van der Waals surface area (Å²) >= 11 is 0. The molecule has 0 unspecified atom stereocenters. The van der Waals surface area contributed by atoms with E-state index in [0.717, 1.165) is 32.1 Å². The van der Waals surface area contributed by atoms with Gasteiger partial charge in [-0.3, -0.25) is 4.79 Å². The fourth-order valence-corrected chi connectivity index (χ4v) is 2.01. The molecule has 1 aliphatic rings. The molecule has 2 nitrogen and oxygen atoms in total. The van der Waals surface area contributed by atoms with Crippen molar-refractivity contribution >= 4 is 5.97 Å². The fraction of sp³-hybridized carbons (Fsp3) is 0.750. The Labute approximate surface area is 86.0 Å². The Balaban J connectivity index is 2.25. The van der Waals surface area contributed by atoms with E-state index in [9.17, 15) is 4.79 Å². The third kappa shape index (κ3) is 3.52. The first kappa shape index (κ1) is 11.3. The Bertz CT molecular complexity index is 200. The molecule has 1 fully saturated rings. The minimum absolute atomic E-state index is 0.0779. The predicted molar refractivity (Wildman–Crippen MR) is 57.1 cm³/mol. The molecule has 80 valence electrons. The van der Waals surface area contributed by atoms with Crippen LogP contribution < -0.4 is 0 Å². The summed E-state index contributed by atoms with van der Waals surface area (Å²) in [5.74, 6) is -0.0519. The molecule has 0 aromatic heterocycles. The fourth-order valence-electron chi connectivity index (χ4n) is 2.01. The summed E-state index contributed by atoms with van der Waals surface area (Å²) in [6.07, 6.45) is 10.7. The van der Waals surface area contributed by atoms with Gasteiger partial charge in [0.1, 0.15) is 0 Å². The first-order chi connectivity index (χ1) is 6.74. The molecular formula is C12H20O2. The molecule has 0 aromatic carbocycles. The van der Waals surface area contributed by atoms with Crippen LogP contribution in [0, 0.1) is 11.8 Å². The van der Waals surface area contributed by atoms with E-state index in [1.807, 2.05) is 0 Å². The van der Waals surface area contributed by atoms with Crippen molar-refractivity contribution in [2.45, 2.75) is 45.4 Å². The van der Waals surface area contributed by atoms with Gasteiger partial charge in [0.05, 0.1) is 5.92 Å². The summed E-state index contributed by atoms with van der Waals surface area (Å²) in [6, 6.07) is 0. The molecule has 1 aliphatic carbocycles. The van der Waals surface area contributed by atoms with Gasteiger partial charge in [0.2, 0.25) is 0 Å². The lowest BCUT2D eigenvalue weighted by atomic mass is 9.82. The Morgan fingerprint density at radius 2 is 2.00 bits per heavy atom. The second-order valence-electron chi connectivity index (χ2n) is 4.17. The highest BCUT2D eigenvalue weighted by Gasteiger charge is 2.24. The predicted octanol–water partition coefficient (Wildman–Crippen LogP) is 3.23. The monoisotopic (exact) mass is 196 g/mol. The summed E-state index contributed by atoms with van der Waals surface area (Å²) < 4.78 is 0. The third-order valence-corrected chi connectivity index (χ3v) is 2.98. The minimum Gasteiger partial charge on any atom is -0.481 e. The molecule has 0 bridgehead atoms. The number of aliphatic carboxylic acids is 1. The minimum atomic E-state index is -0.610. The highest BCUT2D eigenvalue weighted by atomic mass is 16.4. The van der Waals surface area contributed by atoms with E-state index < -0.39 is 5.97 Å². The number of unbranched alkanes of at least 4 members (excludes halogenated alkanes) is 1. The molecule has 1 saturated carbocycles. The topological polar surface area (TPSA) is 37.3 Å². The summed E-state index contributed by atoms with van der Waals surface area (Å²) in [4.78, 5) is 10.7. The molecule has 1 N–H and O–H groups in total. The van der Waals surface area contributed by atoms with Crippen LogP contribution in [0.25, 0.3) is 0 Å². The van der Waals surface area contributed by atoms with Crippen LogP contribution in [0.3, 0.4) is 0 Å². The van der Waals surface area contributed by atoms with E-state index >= 15 is 0 Å². The zero-order chi connectivity index (χ0) is 10.4. The van der Waals surface area contributed by atoms with Crippen LogP contribution in [-0.2, 0) is 4.79 Å². The standard InChI is InChI=1S/C12H20O2/c1-2-3-4-5-10-6-8-11(9-7-10)12(13)14/h4-5,10-11H,2-3,6-9H2,1H3,(H,13,14)/b5-4+. The number of carbonyl (C=O) groups is 1. The van der Waals surface area contributed by atoms with Crippen LogP contribution in [0.5, 0.6) is 0 Å². The van der Waals surface area contributed by atoms with Gasteiger partial charge in [0.25, 0.3) is 0 Å². The lowest BCUT2D eigenvalue weighted by Gasteiger charge is -2.23. The zero-order valence-electron chi connectivity index (χ0n) is 8.91. The van der Waals surface area contributed by atoms with Crippen molar-refractivity contribution < 1.29 is 9.90 Å². The molecule has 0 aliphatic heterocycles. The Kier molecular flexibility index (Phi) is 4.71. The largest absolute Gasteiger partial charge is 0.481 e. The van der Waals surface area contributed by atoms with E-state index in [-0.39, 0.29) is 5.92 Å². The van der Waals surface area contributed by atoms with Gasteiger partial charge in [-0.2, -0.15) is 0 Å². The normalized spacial score (nSPS) is 28.1. The van der Waals surface area contributed by atoms with Gasteiger partial charge >= 0.3 is 5.97 Å². The van der Waals surface area contributed by atoms with Crippen LogP contribution in [-0.4, -0.2) is 11.1 Å². The molecule has 2 heteroatoms. The highest BCUT2D eigenvalue weighted by molar-refractivity contribution is 5.70. The zero-order valence-corrected chi connectivity index (χ0v) is 8.91. The Hall–Kier alpha value is -0.790. The molecule has 0 radical (unpaired) electrons. The second kappa shape index (κ2) is 5.84. The molecule has 0 heterocycles. The number of hydrogen-bond acceptors (Lipinski definition) is 1. The number of allylic oxidation sites excluding steroid dienone is 2. The smallest absolute Gasteiger partial charge is 0.306 e. The highest BCUT2D eigenvalue weighted by Crippen LogP contribution is 2.29. The maximum absolute atomic E-state index is 10.7.